The van der Waals surface area contributed by atoms with Gasteiger partial charge in [0, 0.05) is 11.8 Å². The molecule has 0 radical (unpaired) electrons. The maximum atomic E-state index is 9.02. The Balaban J connectivity index is 1.16. The molecule has 0 aromatic heterocycles. The van der Waals surface area contributed by atoms with E-state index >= 15 is 0 Å². The summed E-state index contributed by atoms with van der Waals surface area (Å²) in [6, 6.07) is 29.2. The van der Waals surface area contributed by atoms with E-state index in [4.69, 9.17) is 27.0 Å². The monoisotopic (exact) mass is 537 g/mol. The maximum absolute atomic E-state index is 9.02. The summed E-state index contributed by atoms with van der Waals surface area (Å²) >= 11 is 0. The lowest BCUT2D eigenvalue weighted by molar-refractivity contribution is -0.105. The van der Waals surface area contributed by atoms with E-state index in [-0.39, 0.29) is 41.7 Å². The van der Waals surface area contributed by atoms with Gasteiger partial charge in [0.25, 0.3) is 0 Å². The van der Waals surface area contributed by atoms with Crippen molar-refractivity contribution in [2.24, 2.45) is 0 Å². The fraction of sp³-hybridized carbons (Fsp3) is 0.286. The van der Waals surface area contributed by atoms with Gasteiger partial charge in [0.2, 0.25) is 0 Å². The summed E-state index contributed by atoms with van der Waals surface area (Å²) in [6.45, 7) is 5.79. The predicted octanol–water partition coefficient (Wildman–Crippen LogP) is 7.95. The molecule has 4 aromatic carbocycles. The Morgan fingerprint density at radius 3 is 2.00 bits per heavy atom. The van der Waals surface area contributed by atoms with Crippen LogP contribution in [-0.2, 0) is 23.4 Å². The van der Waals surface area contributed by atoms with Gasteiger partial charge < -0.3 is 18.9 Å². The zero-order chi connectivity index (χ0) is 29.5. The maximum Gasteiger partial charge on any atom is 0.199 e. The summed E-state index contributed by atoms with van der Waals surface area (Å²) in [6.07, 6.45) is 3.02. The molecular formula is C35H35NO4. The second kappa shape index (κ2) is 12.7. The zero-order valence-corrected chi connectivity index (χ0v) is 23.0. The summed E-state index contributed by atoms with van der Waals surface area (Å²) in [7, 11) is 0. The van der Waals surface area contributed by atoms with Crippen LogP contribution in [0.2, 0.25) is 0 Å². The smallest absolute Gasteiger partial charge is 0.199 e. The third-order valence-corrected chi connectivity index (χ3v) is 7.18. The van der Waals surface area contributed by atoms with Gasteiger partial charge in [0.05, 0.1) is 21.0 Å². The van der Waals surface area contributed by atoms with Crippen LogP contribution >= 0.6 is 0 Å². The van der Waals surface area contributed by atoms with Gasteiger partial charge in [-0.15, -0.1) is 0 Å². The topological polar surface area (TPSA) is 60.7 Å². The normalized spacial score (nSPS) is 15.9. The molecule has 0 N–H and O–H groups in total. The number of hydrogen-bond acceptors (Lipinski definition) is 5. The molecule has 1 aliphatic heterocycles. The van der Waals surface area contributed by atoms with E-state index < -0.39 is 0 Å². The molecule has 204 valence electrons. The molecule has 4 aromatic rings. The number of nitrogens with zero attached hydrogens (tertiary/aromatic N) is 1. The average Bonchev–Trinajstić information content (AvgIpc) is 3.01. The van der Waals surface area contributed by atoms with Crippen molar-refractivity contribution >= 4 is 0 Å². The Morgan fingerprint density at radius 2 is 1.43 bits per heavy atom. The van der Waals surface area contributed by atoms with Crippen molar-refractivity contribution in [2.45, 2.75) is 58.0 Å². The quantitative estimate of drug-likeness (QED) is 0.205. The van der Waals surface area contributed by atoms with E-state index in [1.54, 1.807) is 0 Å². The van der Waals surface area contributed by atoms with Crippen LogP contribution in [-0.4, -0.2) is 12.9 Å². The first kappa shape index (κ1) is 24.7. The van der Waals surface area contributed by atoms with E-state index in [0.717, 1.165) is 48.5 Å². The van der Waals surface area contributed by atoms with Gasteiger partial charge in [-0.1, -0.05) is 56.3 Å². The van der Waals surface area contributed by atoms with Gasteiger partial charge >= 0.3 is 0 Å². The van der Waals surface area contributed by atoms with Crippen LogP contribution in [0.5, 0.6) is 17.2 Å². The lowest BCUT2D eigenvalue weighted by Crippen LogP contribution is -2.25. The molecule has 0 aliphatic carbocycles. The molecule has 0 saturated carbocycles. The average molecular weight is 538 g/mol. The summed E-state index contributed by atoms with van der Waals surface area (Å²) in [5, 5.41) is 9.02. The lowest BCUT2D eigenvalue weighted by atomic mass is 9.78. The van der Waals surface area contributed by atoms with Crippen LogP contribution in [0, 0.1) is 11.3 Å². The van der Waals surface area contributed by atoms with Crippen LogP contribution in [0.15, 0.2) is 97.0 Å². The van der Waals surface area contributed by atoms with Crippen LogP contribution in [0.3, 0.4) is 0 Å². The van der Waals surface area contributed by atoms with Crippen molar-refractivity contribution in [3.05, 3.63) is 125 Å². The molecule has 1 aliphatic rings. The van der Waals surface area contributed by atoms with Crippen molar-refractivity contribution < 1.29 is 21.7 Å². The predicted molar refractivity (Wildman–Crippen MR) is 155 cm³/mol. The highest BCUT2D eigenvalue weighted by molar-refractivity contribution is 5.42. The molecule has 1 fully saturated rings. The van der Waals surface area contributed by atoms with E-state index in [1.807, 2.05) is 54.6 Å². The number of hydrogen-bond donors (Lipinski definition) is 0. The highest BCUT2D eigenvalue weighted by Gasteiger charge is 2.23. The van der Waals surface area contributed by atoms with Crippen LogP contribution in [0.1, 0.15) is 63.7 Å². The van der Waals surface area contributed by atoms with Gasteiger partial charge in [-0.05, 0) is 89.6 Å². The standard InChI is InChI=1S/C35H35NO4/c1-35(2,30-13-19-33(20-14-30)40-34-8-3-4-21-37-34)29-11-17-32(18-12-29)39-25-28-7-5-6-27(22-28)24-38-31-15-9-26(23-36)10-16-31/h5-7,9-20,22,34H,3-4,8,21,24-25H2,1-2H3/i15T,16T. The Labute approximate surface area is 239 Å². The second-order valence-electron chi connectivity index (χ2n) is 10.5. The highest BCUT2D eigenvalue weighted by Crippen LogP contribution is 2.34. The van der Waals surface area contributed by atoms with Crippen LogP contribution < -0.4 is 14.2 Å². The summed E-state index contributed by atoms with van der Waals surface area (Å²) in [5.41, 5.74) is 4.35. The molecular weight excluding hydrogens is 498 g/mol. The molecule has 1 unspecified atom stereocenters. The minimum Gasteiger partial charge on any atom is -0.489 e. The van der Waals surface area contributed by atoms with Crippen molar-refractivity contribution in [1.29, 1.82) is 5.26 Å². The highest BCUT2D eigenvalue weighted by atomic mass is 16.7. The Hall–Kier alpha value is -4.27. The van der Waals surface area contributed by atoms with Gasteiger partial charge in [0.1, 0.15) is 30.5 Å². The summed E-state index contributed by atoms with van der Waals surface area (Å²) in [5.74, 6) is 1.78. The van der Waals surface area contributed by atoms with E-state index in [9.17, 15) is 0 Å². The molecule has 0 bridgehead atoms. The van der Waals surface area contributed by atoms with Crippen molar-refractivity contribution in [2.75, 3.05) is 6.61 Å². The SMILES string of the molecule is [3H]c1cc(C#N)cc([3H])c1OCc1cccc(COc2ccc(C(C)(C)c3ccc(OC4CCCCO4)cc3)cc2)c1. The van der Waals surface area contributed by atoms with Crippen LogP contribution in [0.4, 0.5) is 0 Å². The second-order valence-corrected chi connectivity index (χ2v) is 10.5. The van der Waals surface area contributed by atoms with Gasteiger partial charge in [0.15, 0.2) is 6.29 Å². The fourth-order valence-electron chi connectivity index (χ4n) is 4.69. The Bertz CT molecular complexity index is 1520. The molecule has 1 saturated heterocycles. The summed E-state index contributed by atoms with van der Waals surface area (Å²) in [4.78, 5) is 0. The first-order valence-electron chi connectivity index (χ1n) is 14.7. The Morgan fingerprint density at radius 1 is 0.825 bits per heavy atom. The minimum atomic E-state index is -0.195. The summed E-state index contributed by atoms with van der Waals surface area (Å²) < 4.78 is 39.6. The lowest BCUT2D eigenvalue weighted by Gasteiger charge is -2.27. The molecule has 40 heavy (non-hydrogen) atoms. The molecule has 1 heterocycles. The molecule has 5 heteroatoms. The fourth-order valence-corrected chi connectivity index (χ4v) is 4.69. The molecule has 0 amide bonds. The van der Waals surface area contributed by atoms with E-state index in [1.165, 1.54) is 23.3 Å². The zero-order valence-electron chi connectivity index (χ0n) is 25.0. The first-order valence-corrected chi connectivity index (χ1v) is 13.7. The number of nitriles is 1. The molecule has 1 atom stereocenters. The van der Waals surface area contributed by atoms with Gasteiger partial charge in [-0.25, -0.2) is 0 Å². The number of ether oxygens (including phenoxy) is 4. The third kappa shape index (κ3) is 7.02. The van der Waals surface area contributed by atoms with Crippen molar-refractivity contribution in [3.63, 3.8) is 0 Å². The minimum absolute atomic E-state index is 0.0287. The molecule has 5 rings (SSSR count). The van der Waals surface area contributed by atoms with E-state index in [0.29, 0.717) is 6.61 Å². The number of rotatable bonds is 10. The van der Waals surface area contributed by atoms with Crippen molar-refractivity contribution in [1.82, 2.24) is 0 Å². The third-order valence-electron chi connectivity index (χ3n) is 7.18. The molecule has 5 nitrogen and oxygen atoms in total. The van der Waals surface area contributed by atoms with Crippen LogP contribution in [0.25, 0.3) is 0 Å². The van der Waals surface area contributed by atoms with Gasteiger partial charge in [-0.3, -0.25) is 0 Å². The largest absolute Gasteiger partial charge is 0.489 e. The first-order chi connectivity index (χ1) is 20.3. The number of benzene rings is 4. The van der Waals surface area contributed by atoms with Crippen molar-refractivity contribution in [3.8, 4) is 23.3 Å². The Kier molecular flexibility index (Phi) is 7.87. The van der Waals surface area contributed by atoms with E-state index in [2.05, 4.69) is 38.1 Å². The molecule has 0 spiro atoms. The van der Waals surface area contributed by atoms with Gasteiger partial charge in [-0.2, -0.15) is 5.26 Å².